The smallest absolute Gasteiger partial charge is 0.185 e. The number of allylic oxidation sites excluding steroid dienone is 3. The molecule has 0 atom stereocenters. The summed E-state index contributed by atoms with van der Waals surface area (Å²) < 4.78 is 4.79. The Hall–Kier alpha value is -1.38. The molecule has 0 aromatic heterocycles. The predicted octanol–water partition coefficient (Wildman–Crippen LogP) is 1.07. The fourth-order valence-corrected chi connectivity index (χ4v) is 0.838. The number of rotatable bonds is 1. The molecule has 0 amide bonds. The van der Waals surface area contributed by atoms with E-state index in [0.29, 0.717) is 11.3 Å². The Morgan fingerprint density at radius 3 is 2.64 bits per heavy atom. The van der Waals surface area contributed by atoms with Gasteiger partial charge in [-0.2, -0.15) is 0 Å². The van der Waals surface area contributed by atoms with Crippen LogP contribution in [0.1, 0.15) is 6.92 Å². The van der Waals surface area contributed by atoms with E-state index < -0.39 is 0 Å². The van der Waals surface area contributed by atoms with Crippen LogP contribution >= 0.6 is 0 Å². The quantitative estimate of drug-likeness (QED) is 0.570. The molecular weight excluding hydrogens is 142 g/mol. The first-order chi connectivity index (χ1) is 5.15. The molecule has 0 aromatic carbocycles. The van der Waals surface area contributed by atoms with E-state index in [1.807, 2.05) is 0 Å². The van der Waals surface area contributed by atoms with E-state index in [1.54, 1.807) is 6.92 Å². The molecule has 1 aliphatic rings. The summed E-state index contributed by atoms with van der Waals surface area (Å²) >= 11 is 0. The van der Waals surface area contributed by atoms with E-state index in [1.165, 1.54) is 19.3 Å². The molecule has 0 aromatic rings. The van der Waals surface area contributed by atoms with Gasteiger partial charge in [-0.15, -0.1) is 0 Å². The van der Waals surface area contributed by atoms with Crippen molar-refractivity contribution in [3.05, 3.63) is 23.5 Å². The second-order valence-corrected chi connectivity index (χ2v) is 2.32. The van der Waals surface area contributed by atoms with Gasteiger partial charge < -0.3 is 4.74 Å². The molecule has 0 saturated heterocycles. The van der Waals surface area contributed by atoms with Crippen LogP contribution in [0.3, 0.4) is 0 Å². The highest BCUT2D eigenvalue weighted by molar-refractivity contribution is 6.19. The summed E-state index contributed by atoms with van der Waals surface area (Å²) in [6, 6.07) is 0. The second-order valence-electron chi connectivity index (χ2n) is 2.32. The number of methoxy groups -OCH3 is 1. The molecule has 3 heteroatoms. The van der Waals surface area contributed by atoms with Gasteiger partial charge in [0.05, 0.1) is 12.8 Å². The molecule has 1 rings (SSSR count). The Kier molecular flexibility index (Phi) is 1.89. The van der Waals surface area contributed by atoms with Gasteiger partial charge in [-0.25, -0.2) is 0 Å². The first-order valence-corrected chi connectivity index (χ1v) is 3.22. The molecule has 0 heterocycles. The minimum absolute atomic E-state index is 0.0853. The average molecular weight is 151 g/mol. The van der Waals surface area contributed by atoms with E-state index in [0.717, 1.165) is 0 Å². The summed E-state index contributed by atoms with van der Waals surface area (Å²) in [7, 11) is 1.45. The lowest BCUT2D eigenvalue weighted by Gasteiger charge is -2.09. The summed E-state index contributed by atoms with van der Waals surface area (Å²) in [5.74, 6) is 0.249. The Morgan fingerprint density at radius 2 is 2.09 bits per heavy atom. The number of ether oxygens (including phenoxy) is 1. The van der Waals surface area contributed by atoms with E-state index in [-0.39, 0.29) is 11.5 Å². The summed E-state index contributed by atoms with van der Waals surface area (Å²) in [6.07, 6.45) is 2.83. The van der Waals surface area contributed by atoms with Gasteiger partial charge in [0.1, 0.15) is 5.76 Å². The molecule has 1 N–H and O–H groups in total. The summed E-state index contributed by atoms with van der Waals surface area (Å²) in [6.45, 7) is 1.68. The lowest BCUT2D eigenvalue weighted by Crippen LogP contribution is -2.11. The minimum Gasteiger partial charge on any atom is -0.494 e. The van der Waals surface area contributed by atoms with Crippen molar-refractivity contribution in [3.8, 4) is 0 Å². The maximum Gasteiger partial charge on any atom is 0.185 e. The van der Waals surface area contributed by atoms with Gasteiger partial charge in [-0.1, -0.05) is 0 Å². The Labute approximate surface area is 64.9 Å². The van der Waals surface area contributed by atoms with Crippen molar-refractivity contribution in [1.82, 2.24) is 0 Å². The molecule has 0 bridgehead atoms. The van der Waals surface area contributed by atoms with Crippen LogP contribution < -0.4 is 0 Å². The first-order valence-electron chi connectivity index (χ1n) is 3.22. The third-order valence-electron chi connectivity index (χ3n) is 1.50. The monoisotopic (exact) mass is 151 g/mol. The number of ketones is 1. The normalized spacial score (nSPS) is 17.6. The zero-order chi connectivity index (χ0) is 8.43. The van der Waals surface area contributed by atoms with Gasteiger partial charge >= 0.3 is 0 Å². The van der Waals surface area contributed by atoms with Crippen molar-refractivity contribution in [2.75, 3.05) is 7.11 Å². The maximum absolute atomic E-state index is 11.0. The summed E-state index contributed by atoms with van der Waals surface area (Å²) in [4.78, 5) is 11.0. The van der Waals surface area contributed by atoms with Crippen molar-refractivity contribution >= 4 is 11.5 Å². The van der Waals surface area contributed by atoms with Gasteiger partial charge in [-0.3, -0.25) is 10.2 Å². The van der Waals surface area contributed by atoms with Crippen molar-refractivity contribution in [2.24, 2.45) is 0 Å². The van der Waals surface area contributed by atoms with Crippen LogP contribution in [0.2, 0.25) is 0 Å². The third-order valence-corrected chi connectivity index (χ3v) is 1.50. The first kappa shape index (κ1) is 7.72. The van der Waals surface area contributed by atoms with Crippen molar-refractivity contribution in [2.45, 2.75) is 6.92 Å². The SMILES string of the molecule is COC1=CC(=O)C(C)=CC1=N. The fourth-order valence-electron chi connectivity index (χ4n) is 0.838. The highest BCUT2D eigenvalue weighted by Crippen LogP contribution is 2.11. The largest absolute Gasteiger partial charge is 0.494 e. The molecule has 1 aliphatic carbocycles. The Morgan fingerprint density at radius 1 is 1.45 bits per heavy atom. The van der Waals surface area contributed by atoms with Crippen molar-refractivity contribution in [1.29, 1.82) is 5.41 Å². The van der Waals surface area contributed by atoms with E-state index in [2.05, 4.69) is 0 Å². The van der Waals surface area contributed by atoms with Gasteiger partial charge in [0, 0.05) is 6.08 Å². The molecular formula is C8H9NO2. The zero-order valence-electron chi connectivity index (χ0n) is 6.47. The average Bonchev–Trinajstić information content (AvgIpc) is 1.97. The van der Waals surface area contributed by atoms with Gasteiger partial charge in [0.25, 0.3) is 0 Å². The molecule has 0 aliphatic heterocycles. The van der Waals surface area contributed by atoms with Crippen LogP contribution in [0.4, 0.5) is 0 Å². The van der Waals surface area contributed by atoms with Gasteiger partial charge in [-0.05, 0) is 18.6 Å². The van der Waals surface area contributed by atoms with Crippen LogP contribution in [0.15, 0.2) is 23.5 Å². The lowest BCUT2D eigenvalue weighted by atomic mass is 10.0. The van der Waals surface area contributed by atoms with Crippen LogP contribution in [0, 0.1) is 5.41 Å². The Bertz CT molecular complexity index is 274. The van der Waals surface area contributed by atoms with Gasteiger partial charge in [0.2, 0.25) is 0 Å². The molecule has 0 saturated carbocycles. The highest BCUT2D eigenvalue weighted by Gasteiger charge is 2.14. The molecule has 0 fully saturated rings. The number of hydrogen-bond donors (Lipinski definition) is 1. The van der Waals surface area contributed by atoms with E-state index in [9.17, 15) is 4.79 Å². The molecule has 0 spiro atoms. The van der Waals surface area contributed by atoms with Crippen LogP contribution in [0.5, 0.6) is 0 Å². The summed E-state index contributed by atoms with van der Waals surface area (Å²) in [5.41, 5.74) is 0.834. The molecule has 3 nitrogen and oxygen atoms in total. The molecule has 11 heavy (non-hydrogen) atoms. The highest BCUT2D eigenvalue weighted by atomic mass is 16.5. The molecule has 0 unspecified atom stereocenters. The topological polar surface area (TPSA) is 50.2 Å². The summed E-state index contributed by atoms with van der Waals surface area (Å²) in [5, 5.41) is 7.34. The fraction of sp³-hybridized carbons (Fsp3) is 0.250. The van der Waals surface area contributed by atoms with E-state index in [4.69, 9.17) is 10.1 Å². The minimum atomic E-state index is -0.0853. The van der Waals surface area contributed by atoms with Crippen LogP contribution in [-0.2, 0) is 9.53 Å². The van der Waals surface area contributed by atoms with Crippen LogP contribution in [-0.4, -0.2) is 18.6 Å². The number of hydrogen-bond acceptors (Lipinski definition) is 3. The second kappa shape index (κ2) is 2.70. The predicted molar refractivity (Wildman–Crippen MR) is 41.6 cm³/mol. The standard InChI is InChI=1S/C8H9NO2/c1-5-3-6(9)8(11-2)4-7(5)10/h3-4,9H,1-2H3. The van der Waals surface area contributed by atoms with Gasteiger partial charge in [0.15, 0.2) is 5.78 Å². The third kappa shape index (κ3) is 1.37. The zero-order valence-corrected chi connectivity index (χ0v) is 6.47. The Balaban J connectivity index is 2.98. The molecule has 0 radical (unpaired) electrons. The van der Waals surface area contributed by atoms with Crippen molar-refractivity contribution < 1.29 is 9.53 Å². The number of carbonyl (C=O) groups is 1. The van der Waals surface area contributed by atoms with E-state index >= 15 is 0 Å². The van der Waals surface area contributed by atoms with Crippen LogP contribution in [0.25, 0.3) is 0 Å². The number of carbonyl (C=O) groups excluding carboxylic acids is 1. The lowest BCUT2D eigenvalue weighted by molar-refractivity contribution is -0.111. The van der Waals surface area contributed by atoms with Crippen molar-refractivity contribution in [3.63, 3.8) is 0 Å². The molecule has 58 valence electrons. The number of nitrogens with one attached hydrogen (secondary N) is 1. The maximum atomic E-state index is 11.0.